The molecule has 1 atom stereocenters. The summed E-state index contributed by atoms with van der Waals surface area (Å²) in [6, 6.07) is 4.03. The van der Waals surface area contributed by atoms with Crippen molar-refractivity contribution in [2.75, 3.05) is 6.61 Å². The molecule has 0 bridgehead atoms. The van der Waals surface area contributed by atoms with Gasteiger partial charge in [0.1, 0.15) is 0 Å². The van der Waals surface area contributed by atoms with Crippen molar-refractivity contribution in [1.82, 2.24) is 4.98 Å². The number of hydrogen-bond donors (Lipinski definition) is 1. The number of ether oxygens (including phenoxy) is 1. The Balaban J connectivity index is 2.63. The van der Waals surface area contributed by atoms with Gasteiger partial charge in [0.05, 0.1) is 11.7 Å². The van der Waals surface area contributed by atoms with E-state index in [2.05, 4.69) is 18.0 Å². The summed E-state index contributed by atoms with van der Waals surface area (Å²) < 4.78 is 5.53. The molecule has 0 aromatic carbocycles. The molecule has 0 fully saturated rings. The second-order valence-electron chi connectivity index (χ2n) is 4.77. The molecule has 0 aliphatic heterocycles. The second kappa shape index (κ2) is 6.12. The molecule has 1 unspecified atom stereocenters. The van der Waals surface area contributed by atoms with Crippen LogP contribution in [0.3, 0.4) is 0 Å². The van der Waals surface area contributed by atoms with Gasteiger partial charge in [0, 0.05) is 24.9 Å². The summed E-state index contributed by atoms with van der Waals surface area (Å²) in [7, 11) is 0. The Labute approximate surface area is 104 Å². The Kier molecular flexibility index (Phi) is 5.09. The molecular formula is C14H23NO2. The number of nitrogens with zero attached hydrogens (tertiary/aromatic N) is 1. The largest absolute Gasteiger partial charge is 0.390 e. The Morgan fingerprint density at radius 2 is 2.06 bits per heavy atom. The highest BCUT2D eigenvalue weighted by molar-refractivity contribution is 5.14. The van der Waals surface area contributed by atoms with Crippen molar-refractivity contribution in [3.8, 4) is 0 Å². The van der Waals surface area contributed by atoms with E-state index in [9.17, 15) is 5.11 Å². The molecule has 0 spiro atoms. The summed E-state index contributed by atoms with van der Waals surface area (Å²) in [5, 5.41) is 10.1. The molecular weight excluding hydrogens is 214 g/mol. The number of pyridine rings is 1. The van der Waals surface area contributed by atoms with Crippen LogP contribution in [-0.2, 0) is 17.6 Å². The van der Waals surface area contributed by atoms with Gasteiger partial charge in [0.2, 0.25) is 0 Å². The van der Waals surface area contributed by atoms with Gasteiger partial charge >= 0.3 is 0 Å². The van der Waals surface area contributed by atoms with E-state index in [4.69, 9.17) is 4.74 Å². The predicted octanol–water partition coefficient (Wildman–Crippen LogP) is 2.36. The summed E-state index contributed by atoms with van der Waals surface area (Å²) in [5.41, 5.74) is 1.59. The van der Waals surface area contributed by atoms with Crippen molar-refractivity contribution in [2.45, 2.75) is 52.2 Å². The molecule has 0 amide bonds. The quantitative estimate of drug-likeness (QED) is 0.826. The lowest BCUT2D eigenvalue weighted by molar-refractivity contribution is -0.0958. The van der Waals surface area contributed by atoms with E-state index < -0.39 is 11.7 Å². The highest BCUT2D eigenvalue weighted by Crippen LogP contribution is 2.18. The van der Waals surface area contributed by atoms with Crippen LogP contribution in [0.1, 0.15) is 39.0 Å². The summed E-state index contributed by atoms with van der Waals surface area (Å²) in [4.78, 5) is 4.35. The zero-order chi connectivity index (χ0) is 12.9. The van der Waals surface area contributed by atoms with Crippen LogP contribution < -0.4 is 0 Å². The smallest absolute Gasteiger partial charge is 0.0887 e. The van der Waals surface area contributed by atoms with E-state index in [1.54, 1.807) is 0 Å². The molecule has 3 nitrogen and oxygen atoms in total. The van der Waals surface area contributed by atoms with E-state index in [1.165, 1.54) is 5.56 Å². The average molecular weight is 237 g/mol. The van der Waals surface area contributed by atoms with Crippen LogP contribution in [-0.4, -0.2) is 28.4 Å². The zero-order valence-electron chi connectivity index (χ0n) is 11.2. The van der Waals surface area contributed by atoms with Crippen molar-refractivity contribution >= 4 is 0 Å². The van der Waals surface area contributed by atoms with E-state index in [0.717, 1.165) is 12.1 Å². The molecule has 0 radical (unpaired) electrons. The Morgan fingerprint density at radius 3 is 2.53 bits per heavy atom. The summed E-state index contributed by atoms with van der Waals surface area (Å²) in [6.07, 6.45) is 2.84. The molecule has 1 N–H and O–H groups in total. The third-order valence-electron chi connectivity index (χ3n) is 3.02. The number of rotatable bonds is 6. The van der Waals surface area contributed by atoms with Gasteiger partial charge in [-0.2, -0.15) is 0 Å². The number of aliphatic hydroxyl groups excluding tert-OH is 1. The molecule has 17 heavy (non-hydrogen) atoms. The van der Waals surface area contributed by atoms with Gasteiger partial charge in [-0.05, 0) is 38.8 Å². The van der Waals surface area contributed by atoms with Gasteiger partial charge in [0.15, 0.2) is 0 Å². The standard InChI is InChI=1S/C14H23NO2/c1-5-11-7-8-12(15-10-11)9-13(16)14(3,4)17-6-2/h7-8,10,13,16H,5-6,9H2,1-4H3. The van der Waals surface area contributed by atoms with Crippen molar-refractivity contribution in [2.24, 2.45) is 0 Å². The van der Waals surface area contributed by atoms with Crippen molar-refractivity contribution in [3.63, 3.8) is 0 Å². The van der Waals surface area contributed by atoms with Crippen LogP contribution >= 0.6 is 0 Å². The van der Waals surface area contributed by atoms with Crippen molar-refractivity contribution < 1.29 is 9.84 Å². The van der Waals surface area contributed by atoms with Crippen LogP contribution in [0.15, 0.2) is 18.3 Å². The fourth-order valence-electron chi connectivity index (χ4n) is 1.70. The van der Waals surface area contributed by atoms with E-state index >= 15 is 0 Å². The number of aliphatic hydroxyl groups is 1. The van der Waals surface area contributed by atoms with Crippen LogP contribution in [0.25, 0.3) is 0 Å². The zero-order valence-corrected chi connectivity index (χ0v) is 11.2. The average Bonchev–Trinajstić information content (AvgIpc) is 2.30. The fourth-order valence-corrected chi connectivity index (χ4v) is 1.70. The molecule has 0 saturated carbocycles. The number of aryl methyl sites for hydroxylation is 1. The molecule has 1 aromatic rings. The van der Waals surface area contributed by atoms with Gasteiger partial charge in [-0.15, -0.1) is 0 Å². The summed E-state index contributed by atoms with van der Waals surface area (Å²) in [6.45, 7) is 8.45. The number of hydrogen-bond acceptors (Lipinski definition) is 3. The van der Waals surface area contributed by atoms with Crippen LogP contribution in [0.5, 0.6) is 0 Å². The van der Waals surface area contributed by atoms with Gasteiger partial charge in [-0.1, -0.05) is 13.0 Å². The maximum atomic E-state index is 10.1. The maximum absolute atomic E-state index is 10.1. The molecule has 0 saturated heterocycles. The Bertz CT molecular complexity index is 333. The van der Waals surface area contributed by atoms with Gasteiger partial charge in [-0.25, -0.2) is 0 Å². The van der Waals surface area contributed by atoms with E-state index in [1.807, 2.05) is 33.0 Å². The highest BCUT2D eigenvalue weighted by atomic mass is 16.5. The lowest BCUT2D eigenvalue weighted by Crippen LogP contribution is -2.40. The maximum Gasteiger partial charge on any atom is 0.0887 e. The Hall–Kier alpha value is -0.930. The van der Waals surface area contributed by atoms with Gasteiger partial charge < -0.3 is 9.84 Å². The third-order valence-corrected chi connectivity index (χ3v) is 3.02. The first-order valence-electron chi connectivity index (χ1n) is 6.25. The minimum atomic E-state index is -0.539. The first-order valence-corrected chi connectivity index (χ1v) is 6.25. The topological polar surface area (TPSA) is 42.4 Å². The summed E-state index contributed by atoms with van der Waals surface area (Å²) in [5.74, 6) is 0. The first-order chi connectivity index (χ1) is 7.99. The van der Waals surface area contributed by atoms with E-state index in [0.29, 0.717) is 13.0 Å². The lowest BCUT2D eigenvalue weighted by atomic mass is 9.97. The third kappa shape index (κ3) is 4.10. The molecule has 0 aliphatic carbocycles. The highest BCUT2D eigenvalue weighted by Gasteiger charge is 2.28. The van der Waals surface area contributed by atoms with Crippen molar-refractivity contribution in [1.29, 1.82) is 0 Å². The minimum Gasteiger partial charge on any atom is -0.390 e. The van der Waals surface area contributed by atoms with Crippen LogP contribution in [0, 0.1) is 0 Å². The van der Waals surface area contributed by atoms with Gasteiger partial charge in [0.25, 0.3) is 0 Å². The SMILES string of the molecule is CCOC(C)(C)C(O)Cc1ccc(CC)cn1. The van der Waals surface area contributed by atoms with E-state index in [-0.39, 0.29) is 0 Å². The monoisotopic (exact) mass is 237 g/mol. The van der Waals surface area contributed by atoms with Gasteiger partial charge in [-0.3, -0.25) is 4.98 Å². The number of aromatic nitrogens is 1. The first kappa shape index (κ1) is 14.1. The molecule has 1 heterocycles. The normalized spacial score (nSPS) is 13.7. The molecule has 1 aromatic heterocycles. The van der Waals surface area contributed by atoms with Crippen LogP contribution in [0.4, 0.5) is 0 Å². The minimum absolute atomic E-state index is 0.525. The molecule has 96 valence electrons. The second-order valence-corrected chi connectivity index (χ2v) is 4.77. The Morgan fingerprint density at radius 1 is 1.35 bits per heavy atom. The summed E-state index contributed by atoms with van der Waals surface area (Å²) >= 11 is 0. The molecule has 3 heteroatoms. The fraction of sp³-hybridized carbons (Fsp3) is 0.643. The predicted molar refractivity (Wildman–Crippen MR) is 69.0 cm³/mol. The molecule has 0 aliphatic rings. The molecule has 1 rings (SSSR count). The van der Waals surface area contributed by atoms with Crippen molar-refractivity contribution in [3.05, 3.63) is 29.6 Å². The lowest BCUT2D eigenvalue weighted by Gasteiger charge is -2.30. The van der Waals surface area contributed by atoms with Crippen LogP contribution in [0.2, 0.25) is 0 Å².